The second kappa shape index (κ2) is 10.5. The molecule has 0 aromatic heterocycles. The number of rotatable bonds is 5. The number of carbonyl (C=O) groups excluding carboxylic acids is 1. The van der Waals surface area contributed by atoms with Crippen molar-refractivity contribution >= 4 is 27.6 Å². The van der Waals surface area contributed by atoms with E-state index in [1.807, 2.05) is 6.07 Å². The van der Waals surface area contributed by atoms with E-state index in [2.05, 4.69) is 82.9 Å². The van der Waals surface area contributed by atoms with Gasteiger partial charge >= 0.3 is 5.97 Å². The fraction of sp³-hybridized carbons (Fsp3) is 0.567. The lowest BCUT2D eigenvalue weighted by molar-refractivity contribution is -0.0939. The molecule has 2 saturated heterocycles. The number of halogens is 1. The average molecular weight is 556 g/mol. The van der Waals surface area contributed by atoms with E-state index in [0.717, 1.165) is 30.8 Å². The molecular weight excluding hydrogens is 516 g/mol. The number of benzene rings is 2. The summed E-state index contributed by atoms with van der Waals surface area (Å²) in [5.74, 6) is 0.210. The first-order valence-electron chi connectivity index (χ1n) is 13.4. The Bertz CT molecular complexity index is 1100. The summed E-state index contributed by atoms with van der Waals surface area (Å²) >= 11 is 3.57. The van der Waals surface area contributed by atoms with Crippen LogP contribution in [0.15, 0.2) is 46.9 Å². The molecule has 1 saturated carbocycles. The van der Waals surface area contributed by atoms with E-state index in [9.17, 15) is 4.79 Å². The molecule has 6 heteroatoms. The highest BCUT2D eigenvalue weighted by Crippen LogP contribution is 2.54. The fourth-order valence-corrected chi connectivity index (χ4v) is 7.49. The summed E-state index contributed by atoms with van der Waals surface area (Å²) in [7, 11) is 1.42. The third kappa shape index (κ3) is 4.84. The van der Waals surface area contributed by atoms with Crippen molar-refractivity contribution in [2.75, 3.05) is 38.3 Å². The minimum absolute atomic E-state index is 0.308. The molecule has 2 heterocycles. The molecule has 194 valence electrons. The van der Waals surface area contributed by atoms with Crippen LogP contribution in [0.2, 0.25) is 0 Å². The van der Waals surface area contributed by atoms with E-state index >= 15 is 0 Å². The van der Waals surface area contributed by atoms with Gasteiger partial charge in [-0.15, -0.1) is 0 Å². The molecule has 0 radical (unpaired) electrons. The Morgan fingerprint density at radius 3 is 2.61 bits per heavy atom. The number of hydrogen-bond donors (Lipinski definition) is 0. The third-order valence-corrected chi connectivity index (χ3v) is 9.44. The SMILES string of the molecule is COC(=O)c1ccc(N2CCC3(CC2C)CC(N2CCOC[C@H]2c2ccccc2C(C)C)C3)cc1Br. The highest BCUT2D eigenvalue weighted by Gasteiger charge is 2.51. The number of methoxy groups -OCH3 is 1. The normalized spacial score (nSPS) is 28.8. The number of piperidine rings is 1. The Morgan fingerprint density at radius 1 is 1.14 bits per heavy atom. The Hall–Kier alpha value is -1.89. The molecule has 2 aliphatic heterocycles. The van der Waals surface area contributed by atoms with Gasteiger partial charge in [0.1, 0.15) is 0 Å². The molecule has 0 N–H and O–H groups in total. The van der Waals surface area contributed by atoms with Crippen LogP contribution < -0.4 is 4.90 Å². The summed E-state index contributed by atoms with van der Waals surface area (Å²) in [6, 6.07) is 16.4. The summed E-state index contributed by atoms with van der Waals surface area (Å²) in [6.45, 7) is 10.7. The van der Waals surface area contributed by atoms with Crippen molar-refractivity contribution in [3.63, 3.8) is 0 Å². The molecule has 1 aliphatic carbocycles. The maximum Gasteiger partial charge on any atom is 0.339 e. The van der Waals surface area contributed by atoms with Crippen molar-refractivity contribution in [2.24, 2.45) is 5.41 Å². The van der Waals surface area contributed by atoms with Gasteiger partial charge in [0, 0.05) is 35.3 Å². The molecule has 36 heavy (non-hydrogen) atoms. The van der Waals surface area contributed by atoms with E-state index in [4.69, 9.17) is 9.47 Å². The molecule has 2 aromatic rings. The first-order valence-corrected chi connectivity index (χ1v) is 14.2. The average Bonchev–Trinajstić information content (AvgIpc) is 2.86. The smallest absolute Gasteiger partial charge is 0.339 e. The van der Waals surface area contributed by atoms with Crippen molar-refractivity contribution < 1.29 is 14.3 Å². The number of anilines is 1. The second-order valence-corrected chi connectivity index (χ2v) is 12.2. The lowest BCUT2D eigenvalue weighted by Gasteiger charge is -2.59. The standard InChI is InChI=1S/C30H39BrN2O3/c1-20(2)24-7-5-6-8-25(24)28-19-36-14-13-33(28)23-17-30(18-23)11-12-32(21(3)16-30)22-9-10-26(27(31)15-22)29(34)35-4/h5-10,15,20-21,23,28H,11-14,16-19H2,1-4H3/t21?,23?,28-,30?/m0/s1. The number of morpholine rings is 1. The van der Waals surface area contributed by atoms with E-state index in [0.29, 0.717) is 35.0 Å². The van der Waals surface area contributed by atoms with Crippen molar-refractivity contribution in [1.82, 2.24) is 4.90 Å². The summed E-state index contributed by atoms with van der Waals surface area (Å²) in [4.78, 5) is 17.2. The minimum Gasteiger partial charge on any atom is -0.465 e. The van der Waals surface area contributed by atoms with Gasteiger partial charge in [0.15, 0.2) is 0 Å². The van der Waals surface area contributed by atoms with Crippen LogP contribution in [-0.4, -0.2) is 56.4 Å². The zero-order valence-electron chi connectivity index (χ0n) is 22.0. The van der Waals surface area contributed by atoms with Crippen LogP contribution in [0.3, 0.4) is 0 Å². The van der Waals surface area contributed by atoms with Crippen LogP contribution in [0.5, 0.6) is 0 Å². The van der Waals surface area contributed by atoms with Crippen LogP contribution in [0.25, 0.3) is 0 Å². The Morgan fingerprint density at radius 2 is 1.92 bits per heavy atom. The van der Waals surface area contributed by atoms with Gasteiger partial charge in [-0.05, 0) is 89.2 Å². The van der Waals surface area contributed by atoms with Crippen LogP contribution in [0.4, 0.5) is 5.69 Å². The predicted octanol–water partition coefficient (Wildman–Crippen LogP) is 6.57. The Labute approximate surface area is 224 Å². The topological polar surface area (TPSA) is 42.0 Å². The molecule has 5 rings (SSSR count). The molecule has 0 amide bonds. The molecule has 5 nitrogen and oxygen atoms in total. The summed E-state index contributed by atoms with van der Waals surface area (Å²) in [6.07, 6.45) is 5.02. The van der Waals surface area contributed by atoms with Gasteiger partial charge in [-0.25, -0.2) is 4.79 Å². The van der Waals surface area contributed by atoms with Crippen LogP contribution in [-0.2, 0) is 9.47 Å². The van der Waals surface area contributed by atoms with E-state index in [1.165, 1.54) is 49.6 Å². The molecule has 3 aliphatic rings. The monoisotopic (exact) mass is 554 g/mol. The lowest BCUT2D eigenvalue weighted by Crippen LogP contribution is -2.59. The summed E-state index contributed by atoms with van der Waals surface area (Å²) in [5, 5.41) is 0. The van der Waals surface area contributed by atoms with Crippen LogP contribution in [0, 0.1) is 5.41 Å². The van der Waals surface area contributed by atoms with Crippen molar-refractivity contribution in [3.05, 3.63) is 63.6 Å². The van der Waals surface area contributed by atoms with Crippen LogP contribution in [0.1, 0.15) is 79.9 Å². The predicted molar refractivity (Wildman–Crippen MR) is 148 cm³/mol. The number of esters is 1. The highest BCUT2D eigenvalue weighted by atomic mass is 79.9. The first-order chi connectivity index (χ1) is 17.3. The largest absolute Gasteiger partial charge is 0.465 e. The van der Waals surface area contributed by atoms with Gasteiger partial charge in [-0.3, -0.25) is 4.90 Å². The molecular formula is C30H39BrN2O3. The fourth-order valence-electron chi connectivity index (χ4n) is 6.97. The summed E-state index contributed by atoms with van der Waals surface area (Å²) < 4.78 is 11.7. The van der Waals surface area contributed by atoms with Gasteiger partial charge in [-0.2, -0.15) is 0 Å². The Kier molecular flexibility index (Phi) is 7.49. The van der Waals surface area contributed by atoms with Crippen molar-refractivity contribution in [3.8, 4) is 0 Å². The first kappa shape index (κ1) is 25.7. The second-order valence-electron chi connectivity index (χ2n) is 11.3. The molecule has 0 bridgehead atoms. The van der Waals surface area contributed by atoms with E-state index in [1.54, 1.807) is 0 Å². The number of nitrogens with zero attached hydrogens (tertiary/aromatic N) is 2. The van der Waals surface area contributed by atoms with Gasteiger partial charge in [0.25, 0.3) is 0 Å². The van der Waals surface area contributed by atoms with Gasteiger partial charge < -0.3 is 14.4 Å². The summed E-state index contributed by atoms with van der Waals surface area (Å²) in [5.41, 5.74) is 5.11. The molecule has 2 atom stereocenters. The number of hydrogen-bond acceptors (Lipinski definition) is 5. The van der Waals surface area contributed by atoms with Crippen LogP contribution >= 0.6 is 15.9 Å². The van der Waals surface area contributed by atoms with Crippen molar-refractivity contribution in [1.29, 1.82) is 0 Å². The third-order valence-electron chi connectivity index (χ3n) is 8.79. The Balaban J connectivity index is 1.25. The zero-order valence-corrected chi connectivity index (χ0v) is 23.6. The van der Waals surface area contributed by atoms with E-state index < -0.39 is 0 Å². The lowest BCUT2D eigenvalue weighted by atomic mass is 9.58. The maximum atomic E-state index is 12.0. The van der Waals surface area contributed by atoms with Gasteiger partial charge in [0.05, 0.1) is 31.9 Å². The molecule has 2 aromatic carbocycles. The molecule has 1 spiro atoms. The molecule has 1 unspecified atom stereocenters. The van der Waals surface area contributed by atoms with Gasteiger partial charge in [0.2, 0.25) is 0 Å². The highest BCUT2D eigenvalue weighted by molar-refractivity contribution is 9.10. The van der Waals surface area contributed by atoms with Crippen molar-refractivity contribution in [2.45, 2.75) is 70.5 Å². The van der Waals surface area contributed by atoms with E-state index in [-0.39, 0.29) is 5.97 Å². The quantitative estimate of drug-likeness (QED) is 0.391. The van der Waals surface area contributed by atoms with Gasteiger partial charge in [-0.1, -0.05) is 38.1 Å². The maximum absolute atomic E-state index is 12.0. The number of ether oxygens (including phenoxy) is 2. The molecule has 3 fully saturated rings. The zero-order chi connectivity index (χ0) is 25.4. The minimum atomic E-state index is -0.308. The number of carbonyl (C=O) groups is 1.